The molecule has 0 aromatic carbocycles. The van der Waals surface area contributed by atoms with Crippen LogP contribution >= 0.6 is 0 Å². The van der Waals surface area contributed by atoms with Crippen LogP contribution in [-0.2, 0) is 4.79 Å². The molecule has 1 aliphatic rings. The summed E-state index contributed by atoms with van der Waals surface area (Å²) in [7, 11) is 0. The zero-order valence-corrected chi connectivity index (χ0v) is 11.2. The second-order valence-corrected chi connectivity index (χ2v) is 5.22. The van der Waals surface area contributed by atoms with Crippen LogP contribution in [0.5, 0.6) is 0 Å². The minimum atomic E-state index is 0.0353. The van der Waals surface area contributed by atoms with E-state index < -0.39 is 0 Å². The Labute approximate surface area is 105 Å². The molecule has 0 aromatic heterocycles. The zero-order valence-electron chi connectivity index (χ0n) is 11.2. The van der Waals surface area contributed by atoms with Crippen LogP contribution in [0, 0.1) is 5.92 Å². The molecule has 4 nitrogen and oxygen atoms in total. The van der Waals surface area contributed by atoms with E-state index >= 15 is 0 Å². The van der Waals surface area contributed by atoms with Crippen molar-refractivity contribution in [1.29, 1.82) is 0 Å². The van der Waals surface area contributed by atoms with Crippen LogP contribution in [-0.4, -0.2) is 43.0 Å². The van der Waals surface area contributed by atoms with Gasteiger partial charge in [0.1, 0.15) is 0 Å². The summed E-state index contributed by atoms with van der Waals surface area (Å²) in [6, 6.07) is 0.0353. The van der Waals surface area contributed by atoms with Crippen LogP contribution in [0.2, 0.25) is 0 Å². The summed E-state index contributed by atoms with van der Waals surface area (Å²) < 4.78 is 0. The number of hydrogen-bond donors (Lipinski definition) is 2. The van der Waals surface area contributed by atoms with Crippen LogP contribution in [0.4, 0.5) is 0 Å². The number of hydrogen-bond acceptors (Lipinski definition) is 3. The van der Waals surface area contributed by atoms with Gasteiger partial charge in [0.25, 0.3) is 0 Å². The number of likely N-dealkylation sites (tertiary alicyclic amines) is 1. The average molecular weight is 241 g/mol. The number of amides is 1. The van der Waals surface area contributed by atoms with Crippen molar-refractivity contribution in [2.75, 3.05) is 26.2 Å². The van der Waals surface area contributed by atoms with Crippen LogP contribution in [0.25, 0.3) is 0 Å². The van der Waals surface area contributed by atoms with Gasteiger partial charge in [0.05, 0.1) is 6.04 Å². The van der Waals surface area contributed by atoms with E-state index in [0.717, 1.165) is 19.5 Å². The maximum atomic E-state index is 12.2. The van der Waals surface area contributed by atoms with Gasteiger partial charge in [-0.15, -0.1) is 0 Å². The number of carbonyl (C=O) groups excluding carboxylic acids is 1. The number of rotatable bonds is 6. The summed E-state index contributed by atoms with van der Waals surface area (Å²) >= 11 is 0. The molecular weight excluding hydrogens is 214 g/mol. The summed E-state index contributed by atoms with van der Waals surface area (Å²) in [5.41, 5.74) is 5.43. The SMILES string of the molecule is CC(C)C(C(=O)NCCCN)N1CCCCC1. The van der Waals surface area contributed by atoms with Gasteiger partial charge in [-0.1, -0.05) is 20.3 Å². The molecule has 3 N–H and O–H groups in total. The summed E-state index contributed by atoms with van der Waals surface area (Å²) in [5, 5.41) is 3.00. The lowest BCUT2D eigenvalue weighted by Gasteiger charge is -2.35. The monoisotopic (exact) mass is 241 g/mol. The van der Waals surface area contributed by atoms with E-state index in [9.17, 15) is 4.79 Å². The first-order valence-corrected chi connectivity index (χ1v) is 6.88. The second kappa shape index (κ2) is 7.67. The van der Waals surface area contributed by atoms with Gasteiger partial charge in [0.2, 0.25) is 5.91 Å². The van der Waals surface area contributed by atoms with Gasteiger partial charge in [0.15, 0.2) is 0 Å². The smallest absolute Gasteiger partial charge is 0.237 e. The highest BCUT2D eigenvalue weighted by atomic mass is 16.2. The highest BCUT2D eigenvalue weighted by Gasteiger charge is 2.29. The highest BCUT2D eigenvalue weighted by molar-refractivity contribution is 5.82. The van der Waals surface area contributed by atoms with Gasteiger partial charge < -0.3 is 11.1 Å². The lowest BCUT2D eigenvalue weighted by Crippen LogP contribution is -2.51. The second-order valence-electron chi connectivity index (χ2n) is 5.22. The molecule has 0 radical (unpaired) electrons. The Morgan fingerprint density at radius 3 is 2.47 bits per heavy atom. The number of nitrogens with two attached hydrogens (primary N) is 1. The van der Waals surface area contributed by atoms with Crippen molar-refractivity contribution < 1.29 is 4.79 Å². The van der Waals surface area contributed by atoms with E-state index in [4.69, 9.17) is 5.73 Å². The van der Waals surface area contributed by atoms with E-state index in [1.807, 2.05) is 0 Å². The molecule has 1 heterocycles. The molecule has 0 aromatic rings. The molecule has 1 fully saturated rings. The van der Waals surface area contributed by atoms with Gasteiger partial charge in [0, 0.05) is 6.54 Å². The Morgan fingerprint density at radius 2 is 1.94 bits per heavy atom. The minimum Gasteiger partial charge on any atom is -0.355 e. The molecule has 1 saturated heterocycles. The van der Waals surface area contributed by atoms with Gasteiger partial charge in [-0.05, 0) is 44.8 Å². The minimum absolute atomic E-state index is 0.0353. The van der Waals surface area contributed by atoms with E-state index in [1.54, 1.807) is 0 Å². The Balaban J connectivity index is 2.48. The molecule has 1 rings (SSSR count). The first-order valence-electron chi connectivity index (χ1n) is 6.88. The van der Waals surface area contributed by atoms with Crippen LogP contribution in [0.3, 0.4) is 0 Å². The van der Waals surface area contributed by atoms with Gasteiger partial charge in [-0.2, -0.15) is 0 Å². The van der Waals surface area contributed by atoms with Crippen molar-refractivity contribution in [2.24, 2.45) is 11.7 Å². The number of carbonyl (C=O) groups is 1. The molecule has 17 heavy (non-hydrogen) atoms. The quantitative estimate of drug-likeness (QED) is 0.681. The number of piperidine rings is 1. The Bertz CT molecular complexity index is 225. The lowest BCUT2D eigenvalue weighted by atomic mass is 9.98. The third kappa shape index (κ3) is 4.64. The third-order valence-electron chi connectivity index (χ3n) is 3.36. The summed E-state index contributed by atoms with van der Waals surface area (Å²) in [6.07, 6.45) is 4.60. The molecule has 1 aliphatic heterocycles. The maximum absolute atomic E-state index is 12.2. The lowest BCUT2D eigenvalue weighted by molar-refractivity contribution is -0.128. The molecule has 1 unspecified atom stereocenters. The molecular formula is C13H27N3O. The fourth-order valence-electron chi connectivity index (χ4n) is 2.50. The fourth-order valence-corrected chi connectivity index (χ4v) is 2.50. The molecule has 0 spiro atoms. The van der Waals surface area contributed by atoms with Gasteiger partial charge >= 0.3 is 0 Å². The van der Waals surface area contributed by atoms with Gasteiger partial charge in [-0.25, -0.2) is 0 Å². The van der Waals surface area contributed by atoms with Crippen molar-refractivity contribution in [3.63, 3.8) is 0 Å². The molecule has 1 atom stereocenters. The van der Waals surface area contributed by atoms with E-state index in [1.165, 1.54) is 19.3 Å². The summed E-state index contributed by atoms with van der Waals surface area (Å²) in [6.45, 7) is 7.71. The van der Waals surface area contributed by atoms with E-state index in [-0.39, 0.29) is 11.9 Å². The van der Waals surface area contributed by atoms with Crippen molar-refractivity contribution in [3.05, 3.63) is 0 Å². The normalized spacial score (nSPS) is 19.3. The Hall–Kier alpha value is -0.610. The maximum Gasteiger partial charge on any atom is 0.237 e. The van der Waals surface area contributed by atoms with Crippen molar-refractivity contribution in [2.45, 2.75) is 45.6 Å². The Kier molecular flexibility index (Phi) is 6.52. The standard InChI is InChI=1S/C13H27N3O/c1-11(2)12(13(17)15-8-6-7-14)16-9-4-3-5-10-16/h11-12H,3-10,14H2,1-2H3,(H,15,17). The van der Waals surface area contributed by atoms with E-state index in [2.05, 4.69) is 24.1 Å². The predicted molar refractivity (Wildman–Crippen MR) is 70.7 cm³/mol. The number of nitrogens with one attached hydrogen (secondary N) is 1. The van der Waals surface area contributed by atoms with Crippen LogP contribution in [0.1, 0.15) is 39.5 Å². The Morgan fingerprint density at radius 1 is 1.29 bits per heavy atom. The predicted octanol–water partition coefficient (Wildman–Crippen LogP) is 0.962. The van der Waals surface area contributed by atoms with Crippen LogP contribution < -0.4 is 11.1 Å². The molecule has 4 heteroatoms. The molecule has 0 aliphatic carbocycles. The molecule has 100 valence electrons. The molecule has 0 saturated carbocycles. The largest absolute Gasteiger partial charge is 0.355 e. The van der Waals surface area contributed by atoms with Gasteiger partial charge in [-0.3, -0.25) is 9.69 Å². The van der Waals surface area contributed by atoms with E-state index in [0.29, 0.717) is 19.0 Å². The van der Waals surface area contributed by atoms with Crippen molar-refractivity contribution in [1.82, 2.24) is 10.2 Å². The fraction of sp³-hybridized carbons (Fsp3) is 0.923. The third-order valence-corrected chi connectivity index (χ3v) is 3.36. The van der Waals surface area contributed by atoms with Crippen molar-refractivity contribution >= 4 is 5.91 Å². The molecule has 0 bridgehead atoms. The van der Waals surface area contributed by atoms with Crippen molar-refractivity contribution in [3.8, 4) is 0 Å². The summed E-state index contributed by atoms with van der Waals surface area (Å²) in [5.74, 6) is 0.543. The van der Waals surface area contributed by atoms with Crippen LogP contribution in [0.15, 0.2) is 0 Å². The number of nitrogens with zero attached hydrogens (tertiary/aromatic N) is 1. The topological polar surface area (TPSA) is 58.4 Å². The first-order chi connectivity index (χ1) is 8.16. The highest BCUT2D eigenvalue weighted by Crippen LogP contribution is 2.17. The first kappa shape index (κ1) is 14.5. The zero-order chi connectivity index (χ0) is 12.7. The average Bonchev–Trinajstić information content (AvgIpc) is 2.30. The summed E-state index contributed by atoms with van der Waals surface area (Å²) in [4.78, 5) is 14.5. The molecule has 1 amide bonds.